The molecule has 0 amide bonds. The second-order valence-electron chi connectivity index (χ2n) is 4.63. The number of ether oxygens (including phenoxy) is 1. The van der Waals surface area contributed by atoms with Crippen LogP contribution in [0, 0.1) is 0 Å². The van der Waals surface area contributed by atoms with E-state index in [9.17, 15) is 8.42 Å². The van der Waals surface area contributed by atoms with E-state index in [1.807, 2.05) is 6.92 Å². The number of nitrogens with two attached hydrogens (primary N) is 1. The van der Waals surface area contributed by atoms with Crippen molar-refractivity contribution in [2.24, 2.45) is 5.73 Å². The summed E-state index contributed by atoms with van der Waals surface area (Å²) in [5.74, 6) is 0. The largest absolute Gasteiger partial charge is 0.377 e. The third kappa shape index (κ3) is 3.10. The van der Waals surface area contributed by atoms with Crippen molar-refractivity contribution in [2.75, 3.05) is 6.61 Å². The number of nitrogens with one attached hydrogen (secondary N) is 1. The van der Waals surface area contributed by atoms with Crippen LogP contribution < -0.4 is 10.5 Å². The van der Waals surface area contributed by atoms with Crippen molar-refractivity contribution in [3.8, 4) is 0 Å². The summed E-state index contributed by atoms with van der Waals surface area (Å²) >= 11 is 12.1. The molecule has 0 bridgehead atoms. The van der Waals surface area contributed by atoms with Gasteiger partial charge >= 0.3 is 0 Å². The maximum atomic E-state index is 12.4. The molecule has 0 spiro atoms. The first-order valence-corrected chi connectivity index (χ1v) is 8.41. The van der Waals surface area contributed by atoms with Crippen molar-refractivity contribution >= 4 is 33.2 Å². The summed E-state index contributed by atoms with van der Waals surface area (Å²) in [6.07, 6.45) is 0.472. The Bertz CT molecular complexity index is 607. The Morgan fingerprint density at radius 3 is 2.70 bits per heavy atom. The first-order valence-electron chi connectivity index (χ1n) is 6.17. The lowest BCUT2D eigenvalue weighted by Crippen LogP contribution is -2.39. The van der Waals surface area contributed by atoms with Crippen molar-refractivity contribution < 1.29 is 13.2 Å². The lowest BCUT2D eigenvalue weighted by molar-refractivity contribution is 0.117. The third-order valence-corrected chi connectivity index (χ3v) is 5.76. The Balaban J connectivity index is 2.35. The molecule has 2 rings (SSSR count). The molecule has 0 aliphatic carbocycles. The Morgan fingerprint density at radius 1 is 1.45 bits per heavy atom. The van der Waals surface area contributed by atoms with Crippen molar-refractivity contribution in [3.05, 3.63) is 27.7 Å². The summed E-state index contributed by atoms with van der Waals surface area (Å²) in [5.41, 5.74) is 5.97. The zero-order valence-electron chi connectivity index (χ0n) is 10.9. The minimum Gasteiger partial charge on any atom is -0.377 e. The number of sulfonamides is 1. The quantitative estimate of drug-likeness (QED) is 0.878. The Hall–Kier alpha value is -0.370. The van der Waals surface area contributed by atoms with E-state index in [0.29, 0.717) is 23.6 Å². The van der Waals surface area contributed by atoms with E-state index in [-0.39, 0.29) is 28.6 Å². The lowest BCUT2D eigenvalue weighted by atomic mass is 10.2. The smallest absolute Gasteiger partial charge is 0.242 e. The summed E-state index contributed by atoms with van der Waals surface area (Å²) in [4.78, 5) is -0.0110. The van der Waals surface area contributed by atoms with E-state index in [0.717, 1.165) is 0 Å². The lowest BCUT2D eigenvalue weighted by Gasteiger charge is -2.17. The highest BCUT2D eigenvalue weighted by atomic mass is 35.5. The summed E-state index contributed by atoms with van der Waals surface area (Å²) in [6, 6.07) is 2.61. The molecular weight excluding hydrogens is 323 g/mol. The summed E-state index contributed by atoms with van der Waals surface area (Å²) in [7, 11) is -3.73. The minimum absolute atomic E-state index is 0.0110. The highest BCUT2D eigenvalue weighted by molar-refractivity contribution is 7.89. The summed E-state index contributed by atoms with van der Waals surface area (Å²) < 4.78 is 32.8. The molecule has 20 heavy (non-hydrogen) atoms. The number of hydrogen-bond donors (Lipinski definition) is 2. The topological polar surface area (TPSA) is 81.4 Å². The molecule has 1 heterocycles. The molecule has 112 valence electrons. The van der Waals surface area contributed by atoms with Crippen molar-refractivity contribution in [2.45, 2.75) is 36.9 Å². The number of halogens is 2. The molecule has 1 aliphatic heterocycles. The van der Waals surface area contributed by atoms with E-state index in [1.165, 1.54) is 12.1 Å². The molecule has 5 nitrogen and oxygen atoms in total. The maximum Gasteiger partial charge on any atom is 0.242 e. The van der Waals surface area contributed by atoms with E-state index in [2.05, 4.69) is 4.72 Å². The normalized spacial score (nSPS) is 23.2. The van der Waals surface area contributed by atoms with Gasteiger partial charge in [0.25, 0.3) is 0 Å². The minimum atomic E-state index is -3.73. The van der Waals surface area contributed by atoms with Gasteiger partial charge < -0.3 is 10.5 Å². The molecule has 1 aromatic rings. The van der Waals surface area contributed by atoms with Crippen LogP contribution in [0.4, 0.5) is 0 Å². The SMILES string of the molecule is CC1OCCC1NS(=O)(=O)c1ccc(Cl)c(CN)c1Cl. The zero-order chi connectivity index (χ0) is 14.9. The fraction of sp³-hybridized carbons (Fsp3) is 0.500. The van der Waals surface area contributed by atoms with Gasteiger partial charge in [-0.3, -0.25) is 0 Å². The molecule has 0 radical (unpaired) electrons. The molecule has 2 unspecified atom stereocenters. The molecule has 1 saturated heterocycles. The zero-order valence-corrected chi connectivity index (χ0v) is 13.2. The molecule has 1 aliphatic rings. The van der Waals surface area contributed by atoms with Crippen LogP contribution in [0.2, 0.25) is 10.0 Å². The standard InChI is InChI=1S/C12H16Cl2N2O3S/c1-7-10(4-5-19-7)16-20(17,18)11-3-2-9(13)8(6-15)12(11)14/h2-3,7,10,16H,4-6,15H2,1H3. The number of hydrogen-bond acceptors (Lipinski definition) is 4. The van der Waals surface area contributed by atoms with Gasteiger partial charge in [-0.25, -0.2) is 13.1 Å². The molecule has 0 saturated carbocycles. The van der Waals surface area contributed by atoms with Crippen LogP contribution in [-0.4, -0.2) is 27.2 Å². The van der Waals surface area contributed by atoms with E-state index < -0.39 is 10.0 Å². The fourth-order valence-corrected chi connectivity index (χ4v) is 4.39. The van der Waals surface area contributed by atoms with Crippen LogP contribution in [0.5, 0.6) is 0 Å². The molecular formula is C12H16Cl2N2O3S. The van der Waals surface area contributed by atoms with Gasteiger partial charge in [-0.1, -0.05) is 23.2 Å². The Kier molecular flexibility index (Phi) is 4.94. The first-order chi connectivity index (χ1) is 9.36. The van der Waals surface area contributed by atoms with Crippen molar-refractivity contribution in [1.29, 1.82) is 0 Å². The number of benzene rings is 1. The van der Waals surface area contributed by atoms with E-state index in [1.54, 1.807) is 0 Å². The fourth-order valence-electron chi connectivity index (χ4n) is 2.12. The van der Waals surface area contributed by atoms with Crippen LogP contribution in [0.3, 0.4) is 0 Å². The van der Waals surface area contributed by atoms with Gasteiger partial charge in [-0.05, 0) is 25.5 Å². The van der Waals surface area contributed by atoms with E-state index >= 15 is 0 Å². The highest BCUT2D eigenvalue weighted by Gasteiger charge is 2.30. The van der Waals surface area contributed by atoms with Crippen LogP contribution in [0.1, 0.15) is 18.9 Å². The van der Waals surface area contributed by atoms with Crippen LogP contribution in [-0.2, 0) is 21.3 Å². The van der Waals surface area contributed by atoms with Crippen LogP contribution in [0.25, 0.3) is 0 Å². The molecule has 8 heteroatoms. The average molecular weight is 339 g/mol. The van der Waals surface area contributed by atoms with Gasteiger partial charge in [-0.15, -0.1) is 0 Å². The van der Waals surface area contributed by atoms with Crippen LogP contribution in [0.15, 0.2) is 17.0 Å². The van der Waals surface area contributed by atoms with E-state index in [4.69, 9.17) is 33.7 Å². The molecule has 3 N–H and O–H groups in total. The second kappa shape index (κ2) is 6.17. The summed E-state index contributed by atoms with van der Waals surface area (Å²) in [6.45, 7) is 2.44. The predicted molar refractivity (Wildman–Crippen MR) is 78.5 cm³/mol. The Labute approximate surface area is 128 Å². The van der Waals surface area contributed by atoms with Crippen molar-refractivity contribution in [3.63, 3.8) is 0 Å². The molecule has 1 fully saturated rings. The monoisotopic (exact) mass is 338 g/mol. The van der Waals surface area contributed by atoms with Gasteiger partial charge in [-0.2, -0.15) is 0 Å². The molecule has 1 aromatic carbocycles. The third-order valence-electron chi connectivity index (χ3n) is 3.33. The Morgan fingerprint density at radius 2 is 2.15 bits per heavy atom. The van der Waals surface area contributed by atoms with Gasteiger partial charge in [0, 0.05) is 23.7 Å². The maximum absolute atomic E-state index is 12.4. The predicted octanol–water partition coefficient (Wildman–Crippen LogP) is 1.91. The van der Waals surface area contributed by atoms with Gasteiger partial charge in [0.05, 0.1) is 17.2 Å². The first kappa shape index (κ1) is 16.0. The average Bonchev–Trinajstić information content (AvgIpc) is 2.74. The van der Waals surface area contributed by atoms with Crippen LogP contribution >= 0.6 is 23.2 Å². The summed E-state index contributed by atoms with van der Waals surface area (Å²) in [5, 5.41) is 0.424. The highest BCUT2D eigenvalue weighted by Crippen LogP contribution is 2.31. The van der Waals surface area contributed by atoms with Gasteiger partial charge in [0.2, 0.25) is 10.0 Å². The number of rotatable bonds is 4. The second-order valence-corrected chi connectivity index (χ2v) is 7.10. The molecule has 0 aromatic heterocycles. The van der Waals surface area contributed by atoms with Crippen molar-refractivity contribution in [1.82, 2.24) is 4.72 Å². The molecule has 2 atom stereocenters. The van der Waals surface area contributed by atoms with Gasteiger partial charge in [0.1, 0.15) is 4.90 Å². The van der Waals surface area contributed by atoms with Gasteiger partial charge in [0.15, 0.2) is 0 Å².